The van der Waals surface area contributed by atoms with E-state index in [1.54, 1.807) is 11.0 Å². The zero-order chi connectivity index (χ0) is 16.4. The first kappa shape index (κ1) is 15.9. The highest BCUT2D eigenvalue weighted by Crippen LogP contribution is 2.22. The van der Waals surface area contributed by atoms with Gasteiger partial charge in [-0.2, -0.15) is 5.10 Å². The molecule has 1 unspecified atom stereocenters. The minimum absolute atomic E-state index is 0.0445. The molecule has 122 valence electrons. The van der Waals surface area contributed by atoms with Gasteiger partial charge in [-0.05, 0) is 25.0 Å². The van der Waals surface area contributed by atoms with E-state index in [2.05, 4.69) is 10.1 Å². The van der Waals surface area contributed by atoms with Crippen molar-refractivity contribution in [2.45, 2.75) is 38.9 Å². The number of benzene rings is 1. The van der Waals surface area contributed by atoms with Crippen LogP contribution in [-0.4, -0.2) is 37.5 Å². The third kappa shape index (κ3) is 3.22. The molecule has 0 radical (unpaired) electrons. The minimum Gasteiger partial charge on any atom is -0.334 e. The van der Waals surface area contributed by atoms with E-state index in [0.717, 1.165) is 17.8 Å². The summed E-state index contributed by atoms with van der Waals surface area (Å²) in [4.78, 5) is 18.2. The summed E-state index contributed by atoms with van der Waals surface area (Å²) in [7, 11) is 0. The largest absolute Gasteiger partial charge is 0.334 e. The highest BCUT2D eigenvalue weighted by Gasteiger charge is 2.29. The Balaban J connectivity index is 1.86. The molecule has 0 aliphatic carbocycles. The maximum Gasteiger partial charge on any atom is 0.238 e. The van der Waals surface area contributed by atoms with Gasteiger partial charge >= 0.3 is 0 Å². The van der Waals surface area contributed by atoms with Crippen molar-refractivity contribution in [3.05, 3.63) is 47.3 Å². The lowest BCUT2D eigenvalue weighted by atomic mass is 10.0. The van der Waals surface area contributed by atoms with Gasteiger partial charge in [0.1, 0.15) is 23.8 Å². The predicted molar refractivity (Wildman–Crippen MR) is 84.5 cm³/mol. The Kier molecular flexibility index (Phi) is 4.61. The second-order valence-corrected chi connectivity index (χ2v) is 6.00. The van der Waals surface area contributed by atoms with Crippen LogP contribution in [0.4, 0.5) is 4.39 Å². The predicted octanol–water partition coefficient (Wildman–Crippen LogP) is 2.31. The van der Waals surface area contributed by atoms with Crippen molar-refractivity contribution >= 4 is 17.5 Å². The van der Waals surface area contributed by atoms with Gasteiger partial charge in [0.2, 0.25) is 5.91 Å². The van der Waals surface area contributed by atoms with E-state index in [0.29, 0.717) is 18.5 Å². The number of carbonyl (C=O) groups excluding carboxylic acids is 1. The SMILES string of the molecule is Cc1cccc(F)c1CN(C(=O)CCl)C1CCn2ncnc2C1. The average Bonchev–Trinajstić information content (AvgIpc) is 3.01. The molecule has 1 aromatic carbocycles. The molecule has 0 saturated carbocycles. The van der Waals surface area contributed by atoms with Gasteiger partial charge in [-0.25, -0.2) is 14.1 Å². The second kappa shape index (κ2) is 6.66. The lowest BCUT2D eigenvalue weighted by Crippen LogP contribution is -2.45. The van der Waals surface area contributed by atoms with Crippen molar-refractivity contribution in [3.8, 4) is 0 Å². The summed E-state index contributed by atoms with van der Waals surface area (Å²) in [6.07, 6.45) is 2.88. The highest BCUT2D eigenvalue weighted by atomic mass is 35.5. The highest BCUT2D eigenvalue weighted by molar-refractivity contribution is 6.27. The normalized spacial score (nSPS) is 16.9. The number of fused-ring (bicyclic) bond motifs is 1. The number of amides is 1. The number of aryl methyl sites for hydroxylation is 2. The van der Waals surface area contributed by atoms with E-state index in [-0.39, 0.29) is 30.2 Å². The smallest absolute Gasteiger partial charge is 0.238 e. The molecule has 1 atom stereocenters. The molecule has 0 bridgehead atoms. The van der Waals surface area contributed by atoms with E-state index in [9.17, 15) is 9.18 Å². The van der Waals surface area contributed by atoms with Crippen LogP contribution in [0.15, 0.2) is 24.5 Å². The number of alkyl halides is 1. The van der Waals surface area contributed by atoms with Crippen molar-refractivity contribution in [1.29, 1.82) is 0 Å². The van der Waals surface area contributed by atoms with E-state index in [1.807, 2.05) is 17.7 Å². The molecule has 1 aliphatic heterocycles. The summed E-state index contributed by atoms with van der Waals surface area (Å²) >= 11 is 5.77. The molecule has 2 aromatic rings. The quantitative estimate of drug-likeness (QED) is 0.805. The summed E-state index contributed by atoms with van der Waals surface area (Å²) in [5.74, 6) is 0.249. The van der Waals surface area contributed by atoms with Crippen LogP contribution in [0.3, 0.4) is 0 Å². The molecule has 7 heteroatoms. The number of hydrogen-bond donors (Lipinski definition) is 0. The van der Waals surface area contributed by atoms with E-state index in [1.165, 1.54) is 12.4 Å². The van der Waals surface area contributed by atoms with E-state index >= 15 is 0 Å². The molecule has 0 saturated heterocycles. The molecular weight excluding hydrogens is 319 g/mol. The first-order valence-electron chi connectivity index (χ1n) is 7.56. The van der Waals surface area contributed by atoms with Gasteiger partial charge in [0, 0.05) is 31.1 Å². The Morgan fingerprint density at radius 1 is 1.52 bits per heavy atom. The number of nitrogens with zero attached hydrogens (tertiary/aromatic N) is 4. The van der Waals surface area contributed by atoms with E-state index in [4.69, 9.17) is 11.6 Å². The molecular formula is C16H18ClFN4O. The lowest BCUT2D eigenvalue weighted by Gasteiger charge is -2.34. The molecule has 23 heavy (non-hydrogen) atoms. The number of rotatable bonds is 4. The number of hydrogen-bond acceptors (Lipinski definition) is 3. The van der Waals surface area contributed by atoms with Gasteiger partial charge in [0.15, 0.2) is 0 Å². The number of carbonyl (C=O) groups is 1. The molecule has 0 fully saturated rings. The topological polar surface area (TPSA) is 51.0 Å². The van der Waals surface area contributed by atoms with Crippen molar-refractivity contribution in [1.82, 2.24) is 19.7 Å². The fraction of sp³-hybridized carbons (Fsp3) is 0.438. The van der Waals surface area contributed by atoms with Crippen molar-refractivity contribution in [2.75, 3.05) is 5.88 Å². The third-order valence-electron chi connectivity index (χ3n) is 4.35. The maximum atomic E-state index is 14.1. The number of halogens is 2. The molecule has 0 spiro atoms. The summed E-state index contributed by atoms with van der Waals surface area (Å²) in [6, 6.07) is 4.89. The molecule has 5 nitrogen and oxygen atoms in total. The minimum atomic E-state index is -0.295. The first-order valence-corrected chi connectivity index (χ1v) is 8.09. The molecule has 0 N–H and O–H groups in total. The van der Waals surface area contributed by atoms with Crippen molar-refractivity contribution < 1.29 is 9.18 Å². The second-order valence-electron chi connectivity index (χ2n) is 5.74. The molecule has 2 heterocycles. The average molecular weight is 337 g/mol. The Hall–Kier alpha value is -1.95. The monoisotopic (exact) mass is 336 g/mol. The fourth-order valence-corrected chi connectivity index (χ4v) is 3.17. The van der Waals surface area contributed by atoms with Gasteiger partial charge in [-0.15, -0.1) is 11.6 Å². The third-order valence-corrected chi connectivity index (χ3v) is 4.57. The van der Waals surface area contributed by atoms with Crippen LogP contribution in [0.1, 0.15) is 23.4 Å². The van der Waals surface area contributed by atoms with Crippen LogP contribution in [-0.2, 0) is 24.3 Å². The summed E-state index contributed by atoms with van der Waals surface area (Å²) in [6.45, 7) is 2.77. The van der Waals surface area contributed by atoms with Gasteiger partial charge in [0.05, 0.1) is 0 Å². The maximum absolute atomic E-state index is 14.1. The van der Waals surface area contributed by atoms with Gasteiger partial charge in [-0.1, -0.05) is 12.1 Å². The van der Waals surface area contributed by atoms with Crippen LogP contribution in [0.5, 0.6) is 0 Å². The van der Waals surface area contributed by atoms with Gasteiger partial charge in [0.25, 0.3) is 0 Å². The summed E-state index contributed by atoms with van der Waals surface area (Å²) in [5.41, 5.74) is 1.37. The molecule has 1 amide bonds. The first-order chi connectivity index (χ1) is 11.1. The summed E-state index contributed by atoms with van der Waals surface area (Å²) < 4.78 is 16.0. The molecule has 3 rings (SSSR count). The van der Waals surface area contributed by atoms with Gasteiger partial charge < -0.3 is 4.90 Å². The zero-order valence-electron chi connectivity index (χ0n) is 12.9. The van der Waals surface area contributed by atoms with Crippen LogP contribution < -0.4 is 0 Å². The Morgan fingerprint density at radius 2 is 2.35 bits per heavy atom. The van der Waals surface area contributed by atoms with Crippen LogP contribution in [0, 0.1) is 12.7 Å². The Labute approximate surface area is 139 Å². The van der Waals surface area contributed by atoms with E-state index < -0.39 is 0 Å². The van der Waals surface area contributed by atoms with Crippen LogP contribution in [0.25, 0.3) is 0 Å². The fourth-order valence-electron chi connectivity index (χ4n) is 3.02. The summed E-state index contributed by atoms with van der Waals surface area (Å²) in [5, 5.41) is 4.14. The number of aromatic nitrogens is 3. The van der Waals surface area contributed by atoms with Gasteiger partial charge in [-0.3, -0.25) is 4.79 Å². The zero-order valence-corrected chi connectivity index (χ0v) is 13.6. The molecule has 1 aliphatic rings. The standard InChI is InChI=1S/C16H18ClFN4O/c1-11-3-2-4-14(18)13(11)9-21(16(23)8-17)12-5-6-22-15(7-12)19-10-20-22/h2-4,10,12H,5-9H2,1H3. The lowest BCUT2D eigenvalue weighted by molar-refractivity contribution is -0.132. The Bertz CT molecular complexity index is 698. The Morgan fingerprint density at radius 3 is 3.09 bits per heavy atom. The van der Waals surface area contributed by atoms with Crippen LogP contribution >= 0.6 is 11.6 Å². The van der Waals surface area contributed by atoms with Crippen molar-refractivity contribution in [3.63, 3.8) is 0 Å². The molecule has 1 aromatic heterocycles. The van der Waals surface area contributed by atoms with Crippen LogP contribution in [0.2, 0.25) is 0 Å². The van der Waals surface area contributed by atoms with Crippen molar-refractivity contribution in [2.24, 2.45) is 0 Å².